The van der Waals surface area contributed by atoms with E-state index in [4.69, 9.17) is 0 Å². The van der Waals surface area contributed by atoms with E-state index in [1.54, 1.807) is 0 Å². The Morgan fingerprint density at radius 3 is 2.33 bits per heavy atom. The molecule has 0 saturated carbocycles. The molecular formula is C12H13F2N3O4. The van der Waals surface area contributed by atoms with Crippen molar-refractivity contribution in [3.63, 3.8) is 0 Å². The monoisotopic (exact) mass is 301 g/mol. The summed E-state index contributed by atoms with van der Waals surface area (Å²) in [5.41, 5.74) is -1.78. The van der Waals surface area contributed by atoms with Crippen molar-refractivity contribution < 1.29 is 23.3 Å². The van der Waals surface area contributed by atoms with Gasteiger partial charge in [-0.1, -0.05) is 0 Å². The molecule has 1 aromatic rings. The number of hydrogen-bond donors (Lipinski definition) is 1. The van der Waals surface area contributed by atoms with E-state index < -0.39 is 45.7 Å². The minimum atomic E-state index is -1.34. The largest absolute Gasteiger partial charge is 0.347 e. The molecule has 0 heterocycles. The third-order valence-electron chi connectivity index (χ3n) is 2.64. The third kappa shape index (κ3) is 3.71. The summed E-state index contributed by atoms with van der Waals surface area (Å²) < 4.78 is 27.0. The van der Waals surface area contributed by atoms with Gasteiger partial charge in [0, 0.05) is 14.1 Å². The highest BCUT2D eigenvalue weighted by atomic mass is 19.1. The van der Waals surface area contributed by atoms with Crippen LogP contribution in [-0.4, -0.2) is 41.8 Å². The van der Waals surface area contributed by atoms with Crippen molar-refractivity contribution in [2.45, 2.75) is 13.0 Å². The number of amides is 2. The van der Waals surface area contributed by atoms with Crippen LogP contribution in [0.15, 0.2) is 12.1 Å². The standard InChI is InChI=1S/C12H13F2N3O4/c1-6(12(19)16(2)3)15-11(18)7-4-9(14)10(17(20)21)5-8(7)13/h4-6H,1-3H3,(H,15,18). The molecule has 0 saturated heterocycles. The normalized spacial score (nSPS) is 11.7. The number of nitrogens with one attached hydrogen (secondary N) is 1. The van der Waals surface area contributed by atoms with Crippen molar-refractivity contribution in [2.24, 2.45) is 0 Å². The van der Waals surface area contributed by atoms with Gasteiger partial charge in [-0.05, 0) is 13.0 Å². The lowest BCUT2D eigenvalue weighted by atomic mass is 10.1. The van der Waals surface area contributed by atoms with Crippen molar-refractivity contribution in [1.82, 2.24) is 10.2 Å². The first-order chi connectivity index (χ1) is 9.65. The van der Waals surface area contributed by atoms with Crippen LogP contribution in [0.3, 0.4) is 0 Å². The van der Waals surface area contributed by atoms with E-state index in [-0.39, 0.29) is 0 Å². The molecule has 0 aromatic heterocycles. The smallest absolute Gasteiger partial charge is 0.307 e. The number of carbonyl (C=O) groups is 2. The van der Waals surface area contributed by atoms with Gasteiger partial charge in [-0.25, -0.2) is 4.39 Å². The molecule has 0 spiro atoms. The maximum absolute atomic E-state index is 13.6. The predicted octanol–water partition coefficient (Wildman–Crippen LogP) is 1.08. The number of carbonyl (C=O) groups excluding carboxylic acids is 2. The van der Waals surface area contributed by atoms with Crippen LogP contribution in [-0.2, 0) is 4.79 Å². The highest BCUT2D eigenvalue weighted by Gasteiger charge is 2.24. The molecule has 1 atom stereocenters. The fourth-order valence-electron chi connectivity index (χ4n) is 1.57. The summed E-state index contributed by atoms with van der Waals surface area (Å²) in [5.74, 6) is -4.06. The molecule has 0 radical (unpaired) electrons. The number of likely N-dealkylation sites (N-methyl/N-ethyl adjacent to an activating group) is 1. The quantitative estimate of drug-likeness (QED) is 0.665. The van der Waals surface area contributed by atoms with Gasteiger partial charge in [0.2, 0.25) is 11.7 Å². The Hall–Kier alpha value is -2.58. The SMILES string of the molecule is CC(NC(=O)c1cc(F)c([N+](=O)[O-])cc1F)C(=O)N(C)C. The Balaban J connectivity index is 3.01. The molecule has 9 heteroatoms. The number of hydrogen-bond acceptors (Lipinski definition) is 4. The summed E-state index contributed by atoms with van der Waals surface area (Å²) in [6, 6.07) is -0.205. The number of rotatable bonds is 4. The van der Waals surface area contributed by atoms with Gasteiger partial charge in [-0.15, -0.1) is 0 Å². The summed E-state index contributed by atoms with van der Waals surface area (Å²) in [5, 5.41) is 12.6. The molecule has 2 amide bonds. The molecule has 1 N–H and O–H groups in total. The molecule has 1 aromatic carbocycles. The Morgan fingerprint density at radius 1 is 1.29 bits per heavy atom. The van der Waals surface area contributed by atoms with E-state index in [0.29, 0.717) is 12.1 Å². The first-order valence-electron chi connectivity index (χ1n) is 5.80. The van der Waals surface area contributed by atoms with Crippen LogP contribution in [0.25, 0.3) is 0 Å². The number of nitro groups is 1. The number of halogens is 2. The van der Waals surface area contributed by atoms with Crippen LogP contribution >= 0.6 is 0 Å². The second-order valence-corrected chi connectivity index (χ2v) is 4.47. The summed E-state index contributed by atoms with van der Waals surface area (Å²) in [4.78, 5) is 33.9. The molecule has 114 valence electrons. The maximum Gasteiger partial charge on any atom is 0.307 e. The Morgan fingerprint density at radius 2 is 1.86 bits per heavy atom. The summed E-state index contributed by atoms with van der Waals surface area (Å²) >= 11 is 0. The van der Waals surface area contributed by atoms with E-state index in [1.165, 1.54) is 25.9 Å². The minimum absolute atomic E-state index is 0.322. The zero-order chi connectivity index (χ0) is 16.3. The van der Waals surface area contributed by atoms with Crippen LogP contribution in [0.2, 0.25) is 0 Å². The number of nitrogens with zero attached hydrogens (tertiary/aromatic N) is 2. The van der Waals surface area contributed by atoms with Crippen molar-refractivity contribution >= 4 is 17.5 Å². The third-order valence-corrected chi connectivity index (χ3v) is 2.64. The summed E-state index contributed by atoms with van der Waals surface area (Å²) in [6.45, 7) is 1.37. The summed E-state index contributed by atoms with van der Waals surface area (Å²) in [6.07, 6.45) is 0. The van der Waals surface area contributed by atoms with E-state index >= 15 is 0 Å². The van der Waals surface area contributed by atoms with Gasteiger partial charge in [0.15, 0.2) is 0 Å². The lowest BCUT2D eigenvalue weighted by molar-refractivity contribution is -0.387. The van der Waals surface area contributed by atoms with Gasteiger partial charge in [-0.3, -0.25) is 19.7 Å². The topological polar surface area (TPSA) is 92.5 Å². The molecule has 21 heavy (non-hydrogen) atoms. The molecule has 0 aliphatic heterocycles. The summed E-state index contributed by atoms with van der Waals surface area (Å²) in [7, 11) is 2.94. The van der Waals surface area contributed by atoms with Gasteiger partial charge in [0.25, 0.3) is 5.91 Å². The average molecular weight is 301 g/mol. The molecule has 1 rings (SSSR count). The van der Waals surface area contributed by atoms with E-state index in [1.807, 2.05) is 0 Å². The number of nitro benzene ring substituents is 1. The molecule has 0 aliphatic rings. The van der Waals surface area contributed by atoms with Crippen LogP contribution in [0, 0.1) is 21.7 Å². The van der Waals surface area contributed by atoms with Crippen LogP contribution in [0.1, 0.15) is 17.3 Å². The molecule has 1 unspecified atom stereocenters. The zero-order valence-corrected chi connectivity index (χ0v) is 11.5. The van der Waals surface area contributed by atoms with Gasteiger partial charge >= 0.3 is 5.69 Å². The first-order valence-corrected chi connectivity index (χ1v) is 5.80. The highest BCUT2D eigenvalue weighted by molar-refractivity contribution is 5.97. The van der Waals surface area contributed by atoms with Gasteiger partial charge in [0.05, 0.1) is 16.6 Å². The Kier molecular flexibility index (Phi) is 4.90. The predicted molar refractivity (Wildman–Crippen MR) is 68.6 cm³/mol. The van der Waals surface area contributed by atoms with Crippen LogP contribution in [0.5, 0.6) is 0 Å². The molecule has 7 nitrogen and oxygen atoms in total. The maximum atomic E-state index is 13.6. The van der Waals surface area contributed by atoms with Crippen molar-refractivity contribution in [3.8, 4) is 0 Å². The molecule has 0 fully saturated rings. The van der Waals surface area contributed by atoms with E-state index in [2.05, 4.69) is 5.32 Å². The van der Waals surface area contributed by atoms with Crippen LogP contribution < -0.4 is 5.32 Å². The second-order valence-electron chi connectivity index (χ2n) is 4.47. The first kappa shape index (κ1) is 16.5. The van der Waals surface area contributed by atoms with E-state index in [0.717, 1.165) is 0 Å². The molecule has 0 bridgehead atoms. The Labute approximate surface area is 118 Å². The fraction of sp³-hybridized carbons (Fsp3) is 0.333. The van der Waals surface area contributed by atoms with Gasteiger partial charge < -0.3 is 10.2 Å². The van der Waals surface area contributed by atoms with Crippen molar-refractivity contribution in [3.05, 3.63) is 39.4 Å². The Bertz CT molecular complexity index is 604. The van der Waals surface area contributed by atoms with Gasteiger partial charge in [0.1, 0.15) is 11.9 Å². The highest BCUT2D eigenvalue weighted by Crippen LogP contribution is 2.21. The van der Waals surface area contributed by atoms with Gasteiger partial charge in [-0.2, -0.15) is 4.39 Å². The fourth-order valence-corrected chi connectivity index (χ4v) is 1.57. The minimum Gasteiger partial charge on any atom is -0.347 e. The van der Waals surface area contributed by atoms with Crippen LogP contribution in [0.4, 0.5) is 14.5 Å². The zero-order valence-electron chi connectivity index (χ0n) is 11.5. The lowest BCUT2D eigenvalue weighted by Gasteiger charge is -2.18. The molecular weight excluding hydrogens is 288 g/mol. The lowest BCUT2D eigenvalue weighted by Crippen LogP contribution is -2.44. The van der Waals surface area contributed by atoms with E-state index in [9.17, 15) is 28.5 Å². The average Bonchev–Trinajstić information content (AvgIpc) is 2.39. The van der Waals surface area contributed by atoms with Crippen molar-refractivity contribution in [2.75, 3.05) is 14.1 Å². The molecule has 0 aliphatic carbocycles. The van der Waals surface area contributed by atoms with Crippen molar-refractivity contribution in [1.29, 1.82) is 0 Å². The second kappa shape index (κ2) is 6.25. The number of benzene rings is 1.